The van der Waals surface area contributed by atoms with E-state index in [0.717, 1.165) is 0 Å². The van der Waals surface area contributed by atoms with Crippen molar-refractivity contribution in [3.63, 3.8) is 0 Å². The Hall–Kier alpha value is -1.54. The van der Waals surface area contributed by atoms with Crippen molar-refractivity contribution in [2.75, 3.05) is 20.3 Å². The number of hydrogen-bond acceptors (Lipinski definition) is 4. The van der Waals surface area contributed by atoms with E-state index in [-0.39, 0.29) is 11.8 Å². The number of carbonyl (C=O) groups is 2. The number of rotatable bonds is 6. The van der Waals surface area contributed by atoms with Gasteiger partial charge in [-0.25, -0.2) is 4.79 Å². The first-order valence-corrected chi connectivity index (χ1v) is 6.08. The van der Waals surface area contributed by atoms with E-state index in [1.807, 2.05) is 0 Å². The molecule has 0 aromatic rings. The molecule has 0 saturated carbocycles. The molecule has 1 fully saturated rings. The summed E-state index contributed by atoms with van der Waals surface area (Å²) in [5.41, 5.74) is 0. The molecule has 0 aliphatic carbocycles. The van der Waals surface area contributed by atoms with Gasteiger partial charge in [0.25, 0.3) is 0 Å². The lowest BCUT2D eigenvalue weighted by Gasteiger charge is -2.17. The zero-order valence-corrected chi connectivity index (χ0v) is 10.6. The second-order valence-corrected chi connectivity index (χ2v) is 4.24. The SMILES string of the molecule is C#CCCC[C@H](NC(=O)[C@@H]1CCOC1)C(=O)OC. The molecule has 100 valence electrons. The molecule has 0 aromatic carbocycles. The minimum absolute atomic E-state index is 0.149. The van der Waals surface area contributed by atoms with Crippen molar-refractivity contribution >= 4 is 11.9 Å². The number of terminal acetylenes is 1. The quantitative estimate of drug-likeness (QED) is 0.425. The molecular formula is C13H19NO4. The highest BCUT2D eigenvalue weighted by molar-refractivity contribution is 5.85. The maximum atomic E-state index is 11.9. The Morgan fingerprint density at radius 2 is 2.39 bits per heavy atom. The van der Waals surface area contributed by atoms with Crippen LogP contribution in [0.15, 0.2) is 0 Å². The van der Waals surface area contributed by atoms with Crippen molar-refractivity contribution in [2.45, 2.75) is 31.7 Å². The van der Waals surface area contributed by atoms with Crippen LogP contribution >= 0.6 is 0 Å². The van der Waals surface area contributed by atoms with Crippen LogP contribution in [0.2, 0.25) is 0 Å². The molecule has 1 rings (SSSR count). The molecule has 1 amide bonds. The second kappa shape index (κ2) is 7.72. The van der Waals surface area contributed by atoms with Crippen LogP contribution in [-0.2, 0) is 19.1 Å². The van der Waals surface area contributed by atoms with Crippen molar-refractivity contribution in [1.82, 2.24) is 5.32 Å². The number of hydrogen-bond donors (Lipinski definition) is 1. The Balaban J connectivity index is 2.46. The molecule has 1 aliphatic heterocycles. The molecular weight excluding hydrogens is 234 g/mol. The normalized spacial score (nSPS) is 19.9. The zero-order valence-electron chi connectivity index (χ0n) is 10.6. The summed E-state index contributed by atoms with van der Waals surface area (Å²) in [6.45, 7) is 1.02. The molecule has 18 heavy (non-hydrogen) atoms. The molecule has 1 N–H and O–H groups in total. The maximum Gasteiger partial charge on any atom is 0.328 e. The second-order valence-electron chi connectivity index (χ2n) is 4.24. The Kier molecular flexibility index (Phi) is 6.23. The predicted molar refractivity (Wildman–Crippen MR) is 65.6 cm³/mol. The van der Waals surface area contributed by atoms with Gasteiger partial charge in [-0.1, -0.05) is 0 Å². The van der Waals surface area contributed by atoms with E-state index < -0.39 is 12.0 Å². The molecule has 0 spiro atoms. The van der Waals surface area contributed by atoms with Crippen LogP contribution in [0, 0.1) is 18.3 Å². The van der Waals surface area contributed by atoms with E-state index in [1.54, 1.807) is 0 Å². The number of amides is 1. The Morgan fingerprint density at radius 1 is 1.61 bits per heavy atom. The fourth-order valence-corrected chi connectivity index (χ4v) is 1.83. The van der Waals surface area contributed by atoms with E-state index in [1.165, 1.54) is 7.11 Å². The first-order chi connectivity index (χ1) is 8.69. The van der Waals surface area contributed by atoms with E-state index in [4.69, 9.17) is 11.2 Å². The number of methoxy groups -OCH3 is 1. The lowest BCUT2D eigenvalue weighted by Crippen LogP contribution is -2.44. The molecule has 1 aliphatic rings. The topological polar surface area (TPSA) is 64.6 Å². The summed E-state index contributed by atoms with van der Waals surface area (Å²) in [6.07, 6.45) is 7.61. The summed E-state index contributed by atoms with van der Waals surface area (Å²) >= 11 is 0. The summed E-state index contributed by atoms with van der Waals surface area (Å²) in [4.78, 5) is 23.4. The Morgan fingerprint density at radius 3 is 2.94 bits per heavy atom. The van der Waals surface area contributed by atoms with Crippen LogP contribution in [0.4, 0.5) is 0 Å². The van der Waals surface area contributed by atoms with Crippen molar-refractivity contribution in [3.05, 3.63) is 0 Å². The van der Waals surface area contributed by atoms with Gasteiger partial charge in [-0.15, -0.1) is 12.3 Å². The minimum Gasteiger partial charge on any atom is -0.467 e. The third kappa shape index (κ3) is 4.38. The fraction of sp³-hybridized carbons (Fsp3) is 0.692. The molecule has 5 nitrogen and oxygen atoms in total. The zero-order chi connectivity index (χ0) is 13.4. The van der Waals surface area contributed by atoms with Crippen molar-refractivity contribution in [3.8, 4) is 12.3 Å². The summed E-state index contributed by atoms with van der Waals surface area (Å²) in [5, 5.41) is 2.71. The van der Waals surface area contributed by atoms with Gasteiger partial charge in [0.1, 0.15) is 6.04 Å². The van der Waals surface area contributed by atoms with Gasteiger partial charge in [-0.3, -0.25) is 4.79 Å². The highest BCUT2D eigenvalue weighted by atomic mass is 16.5. The fourth-order valence-electron chi connectivity index (χ4n) is 1.83. The predicted octanol–water partition coefficient (Wildman–Crippen LogP) is 0.484. The van der Waals surface area contributed by atoms with E-state index in [9.17, 15) is 9.59 Å². The highest BCUT2D eigenvalue weighted by Crippen LogP contribution is 2.13. The van der Waals surface area contributed by atoms with Crippen molar-refractivity contribution in [1.29, 1.82) is 0 Å². The lowest BCUT2D eigenvalue weighted by molar-refractivity contribution is -0.145. The number of ether oxygens (including phenoxy) is 2. The van der Waals surface area contributed by atoms with Crippen LogP contribution in [0.25, 0.3) is 0 Å². The largest absolute Gasteiger partial charge is 0.467 e. The number of unbranched alkanes of at least 4 members (excludes halogenated alkanes) is 1. The summed E-state index contributed by atoms with van der Waals surface area (Å²) in [5.74, 6) is 1.76. The first-order valence-electron chi connectivity index (χ1n) is 6.08. The average molecular weight is 253 g/mol. The van der Waals surface area contributed by atoms with Gasteiger partial charge in [0.15, 0.2) is 0 Å². The van der Waals surface area contributed by atoms with Crippen LogP contribution in [-0.4, -0.2) is 38.2 Å². The molecule has 0 bridgehead atoms. The number of esters is 1. The van der Waals surface area contributed by atoms with Gasteiger partial charge in [0.2, 0.25) is 5.91 Å². The van der Waals surface area contributed by atoms with Crippen molar-refractivity contribution in [2.24, 2.45) is 5.92 Å². The third-order valence-electron chi connectivity index (χ3n) is 2.92. The molecule has 2 atom stereocenters. The van der Waals surface area contributed by atoms with Crippen LogP contribution in [0.3, 0.4) is 0 Å². The van der Waals surface area contributed by atoms with Crippen LogP contribution in [0.5, 0.6) is 0 Å². The standard InChI is InChI=1S/C13H19NO4/c1-3-4-5-6-11(13(16)17-2)14-12(15)10-7-8-18-9-10/h1,10-11H,4-9H2,2H3,(H,14,15)/t10-,11+/m1/s1. The van der Waals surface area contributed by atoms with Crippen LogP contribution in [0.1, 0.15) is 25.7 Å². The van der Waals surface area contributed by atoms with Gasteiger partial charge >= 0.3 is 5.97 Å². The van der Waals surface area contributed by atoms with Crippen molar-refractivity contribution < 1.29 is 19.1 Å². The summed E-state index contributed by atoms with van der Waals surface area (Å²) < 4.78 is 9.81. The van der Waals surface area contributed by atoms with E-state index in [0.29, 0.717) is 38.9 Å². The van der Waals surface area contributed by atoms with Gasteiger partial charge in [-0.05, 0) is 19.3 Å². The molecule has 1 saturated heterocycles. The minimum atomic E-state index is -0.614. The number of nitrogens with one attached hydrogen (secondary N) is 1. The van der Waals surface area contributed by atoms with Gasteiger partial charge < -0.3 is 14.8 Å². The van der Waals surface area contributed by atoms with Crippen LogP contribution < -0.4 is 5.32 Å². The lowest BCUT2D eigenvalue weighted by atomic mass is 10.1. The van der Waals surface area contributed by atoms with E-state index in [2.05, 4.69) is 16.0 Å². The smallest absolute Gasteiger partial charge is 0.328 e. The molecule has 0 radical (unpaired) electrons. The molecule has 1 heterocycles. The average Bonchev–Trinajstić information content (AvgIpc) is 2.90. The monoisotopic (exact) mass is 253 g/mol. The third-order valence-corrected chi connectivity index (χ3v) is 2.92. The first kappa shape index (κ1) is 14.5. The molecule has 5 heteroatoms. The summed E-state index contributed by atoms with van der Waals surface area (Å²) in [6, 6.07) is -0.614. The molecule has 0 unspecified atom stereocenters. The van der Waals surface area contributed by atoms with Gasteiger partial charge in [-0.2, -0.15) is 0 Å². The number of carbonyl (C=O) groups excluding carboxylic acids is 2. The molecule has 0 aromatic heterocycles. The maximum absolute atomic E-state index is 11.9. The van der Waals surface area contributed by atoms with Gasteiger partial charge in [0.05, 0.1) is 19.6 Å². The van der Waals surface area contributed by atoms with Gasteiger partial charge in [0, 0.05) is 13.0 Å². The highest BCUT2D eigenvalue weighted by Gasteiger charge is 2.28. The summed E-state index contributed by atoms with van der Waals surface area (Å²) in [7, 11) is 1.31. The Labute approximate surface area is 107 Å². The van der Waals surface area contributed by atoms with E-state index >= 15 is 0 Å². The Bertz CT molecular complexity index is 328.